The van der Waals surface area contributed by atoms with Crippen molar-refractivity contribution < 1.29 is 14.6 Å². The highest BCUT2D eigenvalue weighted by Crippen LogP contribution is 2.39. The second-order valence-corrected chi connectivity index (χ2v) is 7.22. The molecule has 0 aromatic heterocycles. The Kier molecular flexibility index (Phi) is 5.35. The Balaban J connectivity index is 1.78. The number of methoxy groups -OCH3 is 1. The van der Waals surface area contributed by atoms with E-state index >= 15 is 0 Å². The van der Waals surface area contributed by atoms with Crippen molar-refractivity contribution >= 4 is 40.3 Å². The molecule has 1 amide bonds. The number of amidine groups is 1. The molecular formula is C23H18N2O3S. The number of phenolic OH excluding ortho intramolecular Hbond substituents is 1. The summed E-state index contributed by atoms with van der Waals surface area (Å²) in [5.41, 5.74) is 2.00. The predicted molar refractivity (Wildman–Crippen MR) is 118 cm³/mol. The van der Waals surface area contributed by atoms with Gasteiger partial charge in [0, 0.05) is 5.56 Å². The van der Waals surface area contributed by atoms with Crippen molar-refractivity contribution in [3.05, 3.63) is 89.3 Å². The maximum atomic E-state index is 13.2. The minimum Gasteiger partial charge on any atom is -0.504 e. The van der Waals surface area contributed by atoms with E-state index in [2.05, 4.69) is 4.99 Å². The van der Waals surface area contributed by atoms with E-state index in [1.165, 1.54) is 18.9 Å². The van der Waals surface area contributed by atoms with Gasteiger partial charge in [-0.15, -0.1) is 0 Å². The topological polar surface area (TPSA) is 62.1 Å². The number of benzene rings is 3. The monoisotopic (exact) mass is 402 g/mol. The lowest BCUT2D eigenvalue weighted by molar-refractivity contribution is -0.113. The fourth-order valence-corrected chi connectivity index (χ4v) is 3.92. The van der Waals surface area contributed by atoms with Crippen LogP contribution in [0.15, 0.2) is 88.8 Å². The number of ether oxygens (including phenoxy) is 1. The third-order valence-electron chi connectivity index (χ3n) is 4.34. The van der Waals surface area contributed by atoms with Crippen molar-refractivity contribution in [2.75, 3.05) is 12.0 Å². The van der Waals surface area contributed by atoms with Gasteiger partial charge in [-0.25, -0.2) is 4.99 Å². The van der Waals surface area contributed by atoms with Gasteiger partial charge in [0.2, 0.25) is 0 Å². The van der Waals surface area contributed by atoms with Gasteiger partial charge in [-0.2, -0.15) is 0 Å². The van der Waals surface area contributed by atoms with Gasteiger partial charge in [0.1, 0.15) is 0 Å². The van der Waals surface area contributed by atoms with Crippen LogP contribution in [0.1, 0.15) is 5.56 Å². The number of anilines is 1. The van der Waals surface area contributed by atoms with Crippen molar-refractivity contribution in [1.29, 1.82) is 0 Å². The second kappa shape index (κ2) is 8.24. The van der Waals surface area contributed by atoms with Crippen LogP contribution in [0.3, 0.4) is 0 Å². The van der Waals surface area contributed by atoms with E-state index in [9.17, 15) is 9.90 Å². The van der Waals surface area contributed by atoms with Gasteiger partial charge in [-0.05, 0) is 48.2 Å². The number of carbonyl (C=O) groups excluding carboxylic acids is 1. The Hall–Kier alpha value is -3.51. The predicted octanol–water partition coefficient (Wildman–Crippen LogP) is 5.21. The van der Waals surface area contributed by atoms with Crippen molar-refractivity contribution in [1.82, 2.24) is 0 Å². The first-order chi connectivity index (χ1) is 14.2. The van der Waals surface area contributed by atoms with Crippen LogP contribution in [0.4, 0.5) is 11.4 Å². The number of hydrogen-bond acceptors (Lipinski definition) is 5. The number of aromatic hydroxyl groups is 1. The summed E-state index contributed by atoms with van der Waals surface area (Å²) in [5, 5.41) is 10.9. The van der Waals surface area contributed by atoms with Crippen LogP contribution in [-0.2, 0) is 4.79 Å². The molecule has 1 saturated heterocycles. The number of carbonyl (C=O) groups is 1. The minimum atomic E-state index is -0.196. The number of amides is 1. The molecule has 1 aliphatic rings. The van der Waals surface area contributed by atoms with E-state index in [-0.39, 0.29) is 11.7 Å². The van der Waals surface area contributed by atoms with E-state index < -0.39 is 0 Å². The molecule has 3 aromatic carbocycles. The van der Waals surface area contributed by atoms with Crippen molar-refractivity contribution in [3.8, 4) is 11.5 Å². The van der Waals surface area contributed by atoms with E-state index in [1.54, 1.807) is 29.2 Å². The second-order valence-electron chi connectivity index (χ2n) is 6.21. The summed E-state index contributed by atoms with van der Waals surface area (Å²) in [5.74, 6) is 0.154. The third kappa shape index (κ3) is 3.88. The van der Waals surface area contributed by atoms with Gasteiger partial charge in [0.25, 0.3) is 5.91 Å². The van der Waals surface area contributed by atoms with Crippen molar-refractivity contribution in [2.45, 2.75) is 0 Å². The van der Waals surface area contributed by atoms with Crippen LogP contribution in [0, 0.1) is 0 Å². The molecule has 0 spiro atoms. The summed E-state index contributed by atoms with van der Waals surface area (Å²) in [4.78, 5) is 19.9. The fraction of sp³-hybridized carbons (Fsp3) is 0.0435. The lowest BCUT2D eigenvalue weighted by Gasteiger charge is -2.15. The first kappa shape index (κ1) is 18.8. The zero-order valence-electron chi connectivity index (χ0n) is 15.6. The lowest BCUT2D eigenvalue weighted by atomic mass is 10.1. The Morgan fingerprint density at radius 2 is 1.66 bits per heavy atom. The van der Waals surface area contributed by atoms with Crippen LogP contribution in [-0.4, -0.2) is 23.3 Å². The molecule has 4 rings (SSSR count). The van der Waals surface area contributed by atoms with Gasteiger partial charge >= 0.3 is 0 Å². The highest BCUT2D eigenvalue weighted by molar-refractivity contribution is 8.19. The average molecular weight is 402 g/mol. The highest BCUT2D eigenvalue weighted by Gasteiger charge is 2.34. The molecule has 0 unspecified atom stereocenters. The average Bonchev–Trinajstić information content (AvgIpc) is 3.05. The summed E-state index contributed by atoms with van der Waals surface area (Å²) in [6, 6.07) is 24.0. The van der Waals surface area contributed by atoms with Crippen molar-refractivity contribution in [3.63, 3.8) is 0 Å². The molecule has 29 heavy (non-hydrogen) atoms. The Morgan fingerprint density at radius 3 is 2.34 bits per heavy atom. The van der Waals surface area contributed by atoms with E-state index in [1.807, 2.05) is 60.7 Å². The molecule has 144 valence electrons. The zero-order chi connectivity index (χ0) is 20.2. The Bertz CT molecular complexity index is 1100. The number of phenols is 1. The number of para-hydroxylation sites is 3. The molecule has 0 radical (unpaired) electrons. The third-order valence-corrected chi connectivity index (χ3v) is 5.31. The number of hydrogen-bond donors (Lipinski definition) is 1. The Morgan fingerprint density at radius 1 is 0.966 bits per heavy atom. The highest BCUT2D eigenvalue weighted by atomic mass is 32.2. The minimum absolute atomic E-state index is 0.00407. The van der Waals surface area contributed by atoms with Gasteiger partial charge in [-0.3, -0.25) is 9.69 Å². The molecule has 0 saturated carbocycles. The van der Waals surface area contributed by atoms with E-state index in [0.29, 0.717) is 21.4 Å². The van der Waals surface area contributed by atoms with Gasteiger partial charge < -0.3 is 9.84 Å². The SMILES string of the molecule is COc1cccc(/C=C2/SC(=Nc3ccccc3)N(c3ccccc3)C2=O)c1O. The normalized spacial score (nSPS) is 16.6. The Labute approximate surface area is 173 Å². The largest absolute Gasteiger partial charge is 0.504 e. The van der Waals surface area contributed by atoms with Gasteiger partial charge in [0.15, 0.2) is 16.7 Å². The standard InChI is InChI=1S/C23H18N2O3S/c1-28-19-14-8-9-16(21(19)26)15-20-22(27)25(18-12-6-3-7-13-18)23(29-20)24-17-10-4-2-5-11-17/h2-15,26H,1H3/b20-15+,24-23?. The van der Waals surface area contributed by atoms with Crippen LogP contribution >= 0.6 is 11.8 Å². The molecule has 1 heterocycles. The smallest absolute Gasteiger partial charge is 0.271 e. The van der Waals surface area contributed by atoms with Crippen LogP contribution in [0.5, 0.6) is 11.5 Å². The number of rotatable bonds is 4. The first-order valence-corrected chi connectivity index (χ1v) is 9.78. The van der Waals surface area contributed by atoms with Gasteiger partial charge in [0.05, 0.1) is 23.4 Å². The molecule has 1 N–H and O–H groups in total. The molecule has 0 aliphatic carbocycles. The van der Waals surface area contributed by atoms with E-state index in [4.69, 9.17) is 4.74 Å². The maximum absolute atomic E-state index is 13.2. The van der Waals surface area contributed by atoms with Crippen LogP contribution in [0.2, 0.25) is 0 Å². The molecule has 6 heteroatoms. The summed E-state index contributed by atoms with van der Waals surface area (Å²) in [6.07, 6.45) is 1.66. The maximum Gasteiger partial charge on any atom is 0.271 e. The zero-order valence-corrected chi connectivity index (χ0v) is 16.5. The van der Waals surface area contributed by atoms with E-state index in [0.717, 1.165) is 11.4 Å². The lowest BCUT2D eigenvalue weighted by Crippen LogP contribution is -2.28. The summed E-state index contributed by atoms with van der Waals surface area (Å²) >= 11 is 1.27. The molecule has 0 atom stereocenters. The molecular weight excluding hydrogens is 384 g/mol. The number of nitrogens with zero attached hydrogens (tertiary/aromatic N) is 2. The number of thioether (sulfide) groups is 1. The van der Waals surface area contributed by atoms with Crippen LogP contribution in [0.25, 0.3) is 6.08 Å². The summed E-state index contributed by atoms with van der Waals surface area (Å²) in [7, 11) is 1.49. The number of aliphatic imine (C=N–C) groups is 1. The fourth-order valence-electron chi connectivity index (χ4n) is 2.93. The summed E-state index contributed by atoms with van der Waals surface area (Å²) < 4.78 is 5.16. The molecule has 1 fully saturated rings. The molecule has 1 aliphatic heterocycles. The molecule has 5 nitrogen and oxygen atoms in total. The quantitative estimate of drug-likeness (QED) is 0.609. The van der Waals surface area contributed by atoms with Crippen molar-refractivity contribution in [2.24, 2.45) is 4.99 Å². The first-order valence-electron chi connectivity index (χ1n) is 8.96. The van der Waals surface area contributed by atoms with Gasteiger partial charge in [-0.1, -0.05) is 48.5 Å². The molecule has 3 aromatic rings. The van der Waals surface area contributed by atoms with Crippen LogP contribution < -0.4 is 9.64 Å². The molecule has 0 bridgehead atoms. The summed E-state index contributed by atoms with van der Waals surface area (Å²) in [6.45, 7) is 0.